The summed E-state index contributed by atoms with van der Waals surface area (Å²) < 4.78 is 8.99. The van der Waals surface area contributed by atoms with E-state index in [1.165, 1.54) is 38.1 Å². The van der Waals surface area contributed by atoms with E-state index in [1.54, 1.807) is 0 Å². The molecule has 0 aliphatic carbocycles. The molecule has 2 heterocycles. The lowest BCUT2D eigenvalue weighted by atomic mass is 9.95. The number of furan rings is 1. The average molecular weight is 703 g/mol. The smallest absolute Gasteiger partial charge is 0.143 e. The number of aromatic nitrogens is 1. The van der Waals surface area contributed by atoms with Crippen LogP contribution in [0.4, 0.5) is 17.1 Å². The Balaban J connectivity index is 1.13. The van der Waals surface area contributed by atoms with Crippen molar-refractivity contribution in [3.8, 4) is 27.9 Å². The zero-order valence-electron chi connectivity index (χ0n) is 29.9. The molecule has 11 rings (SSSR count). The van der Waals surface area contributed by atoms with Crippen molar-refractivity contribution in [3.63, 3.8) is 0 Å². The quantitative estimate of drug-likeness (QED) is 0.172. The highest BCUT2D eigenvalue weighted by Crippen LogP contribution is 2.45. The van der Waals surface area contributed by atoms with Crippen LogP contribution < -0.4 is 4.90 Å². The summed E-state index contributed by atoms with van der Waals surface area (Å²) in [7, 11) is 0. The van der Waals surface area contributed by atoms with Crippen LogP contribution in [-0.4, -0.2) is 4.57 Å². The van der Waals surface area contributed by atoms with Crippen LogP contribution in [0.3, 0.4) is 0 Å². The van der Waals surface area contributed by atoms with Crippen LogP contribution in [0.5, 0.6) is 0 Å². The van der Waals surface area contributed by atoms with Gasteiger partial charge >= 0.3 is 0 Å². The summed E-state index contributed by atoms with van der Waals surface area (Å²) in [4.78, 5) is 2.40. The molecule has 0 N–H and O–H groups in total. The van der Waals surface area contributed by atoms with Gasteiger partial charge in [-0.1, -0.05) is 140 Å². The molecule has 0 aliphatic heterocycles. The molecule has 0 saturated heterocycles. The van der Waals surface area contributed by atoms with Crippen molar-refractivity contribution in [2.24, 2.45) is 0 Å². The van der Waals surface area contributed by atoms with Gasteiger partial charge in [0.05, 0.1) is 16.7 Å². The lowest BCUT2D eigenvalue weighted by Crippen LogP contribution is -2.11. The molecular weight excluding hydrogens is 669 g/mol. The number of anilines is 3. The Morgan fingerprint density at radius 1 is 0.400 bits per heavy atom. The van der Waals surface area contributed by atoms with E-state index < -0.39 is 0 Å². The zero-order valence-corrected chi connectivity index (χ0v) is 29.9. The van der Waals surface area contributed by atoms with Crippen molar-refractivity contribution in [2.75, 3.05) is 4.90 Å². The standard InChI is InChI=1S/C52H34N2O/c1-3-15-35(16-4-1)41-20-9-12-24-47(41)53(40-31-32-49-45(34-40)43-22-10-13-25-48(43)54(49)38-18-5-2-6-19-38)39-29-27-36(28-30-39)51-42-21-8-7-17-37(42)33-46-44-23-11-14-26-50(44)55-52(46)51/h1-34H. The number of hydrogen-bond acceptors (Lipinski definition) is 2. The number of para-hydroxylation sites is 4. The van der Waals surface area contributed by atoms with Gasteiger partial charge in [0, 0.05) is 49.7 Å². The Labute approximate surface area is 318 Å². The summed E-state index contributed by atoms with van der Waals surface area (Å²) in [5, 5.41) is 7.07. The Bertz CT molecular complexity index is 3190. The number of rotatable bonds is 6. The fraction of sp³-hybridized carbons (Fsp3) is 0. The molecule has 3 nitrogen and oxygen atoms in total. The molecule has 3 heteroatoms. The van der Waals surface area contributed by atoms with E-state index in [2.05, 4.69) is 210 Å². The van der Waals surface area contributed by atoms with Gasteiger partial charge in [0.2, 0.25) is 0 Å². The molecule has 0 radical (unpaired) electrons. The summed E-state index contributed by atoms with van der Waals surface area (Å²) in [6.45, 7) is 0. The summed E-state index contributed by atoms with van der Waals surface area (Å²) in [6.07, 6.45) is 0. The Kier molecular flexibility index (Phi) is 7.17. The van der Waals surface area contributed by atoms with Crippen LogP contribution in [0.15, 0.2) is 211 Å². The molecule has 0 spiro atoms. The summed E-state index contributed by atoms with van der Waals surface area (Å²) in [6, 6.07) is 73.9. The number of nitrogens with zero attached hydrogens (tertiary/aromatic N) is 2. The van der Waals surface area contributed by atoms with Gasteiger partial charge in [0.15, 0.2) is 0 Å². The van der Waals surface area contributed by atoms with Crippen LogP contribution in [0.2, 0.25) is 0 Å². The minimum Gasteiger partial charge on any atom is -0.455 e. The van der Waals surface area contributed by atoms with E-state index in [1.807, 2.05) is 6.07 Å². The molecule has 55 heavy (non-hydrogen) atoms. The number of fused-ring (bicyclic) bond motifs is 7. The largest absolute Gasteiger partial charge is 0.455 e. The van der Waals surface area contributed by atoms with E-state index in [9.17, 15) is 0 Å². The minimum atomic E-state index is 0.901. The molecule has 258 valence electrons. The summed E-state index contributed by atoms with van der Waals surface area (Å²) in [5.74, 6) is 0. The van der Waals surface area contributed by atoms with Gasteiger partial charge in [0.25, 0.3) is 0 Å². The SMILES string of the molecule is c1ccc(-c2ccccc2N(c2ccc(-c3c4ccccc4cc4c3oc3ccccc34)cc2)c2ccc3c(c2)c2ccccc2n3-c2ccccc2)cc1. The molecule has 0 amide bonds. The fourth-order valence-corrected chi connectivity index (χ4v) is 8.50. The first-order valence-corrected chi connectivity index (χ1v) is 18.8. The maximum absolute atomic E-state index is 6.62. The maximum Gasteiger partial charge on any atom is 0.143 e. The third kappa shape index (κ3) is 5.05. The second-order valence-electron chi connectivity index (χ2n) is 14.1. The van der Waals surface area contributed by atoms with Gasteiger partial charge in [-0.15, -0.1) is 0 Å². The van der Waals surface area contributed by atoms with Gasteiger partial charge in [-0.3, -0.25) is 0 Å². The Hall–Kier alpha value is -7.36. The van der Waals surface area contributed by atoms with Crippen molar-refractivity contribution < 1.29 is 4.42 Å². The molecule has 9 aromatic carbocycles. The van der Waals surface area contributed by atoms with Crippen LogP contribution in [0.1, 0.15) is 0 Å². The zero-order chi connectivity index (χ0) is 36.3. The first-order chi connectivity index (χ1) is 27.3. The molecule has 0 unspecified atom stereocenters. The van der Waals surface area contributed by atoms with Gasteiger partial charge in [-0.05, 0) is 88.6 Å². The second-order valence-corrected chi connectivity index (χ2v) is 14.1. The predicted molar refractivity (Wildman–Crippen MR) is 231 cm³/mol. The number of benzene rings is 9. The molecule has 2 aromatic heterocycles. The van der Waals surface area contributed by atoms with Crippen LogP contribution in [0, 0.1) is 0 Å². The average Bonchev–Trinajstić information content (AvgIpc) is 3.79. The van der Waals surface area contributed by atoms with Crippen LogP contribution in [-0.2, 0) is 0 Å². The first-order valence-electron chi connectivity index (χ1n) is 18.8. The summed E-state index contributed by atoms with van der Waals surface area (Å²) >= 11 is 0. The van der Waals surface area contributed by atoms with Crippen molar-refractivity contribution >= 4 is 71.6 Å². The Morgan fingerprint density at radius 2 is 1.04 bits per heavy atom. The van der Waals surface area contributed by atoms with Crippen LogP contribution >= 0.6 is 0 Å². The molecule has 11 aromatic rings. The van der Waals surface area contributed by atoms with Gasteiger partial charge in [-0.2, -0.15) is 0 Å². The summed E-state index contributed by atoms with van der Waals surface area (Å²) in [5.41, 5.74) is 13.2. The molecule has 0 bridgehead atoms. The van der Waals surface area contributed by atoms with E-state index in [0.29, 0.717) is 0 Å². The third-order valence-corrected chi connectivity index (χ3v) is 11.0. The number of hydrogen-bond donors (Lipinski definition) is 0. The van der Waals surface area contributed by atoms with Gasteiger partial charge in [-0.25, -0.2) is 0 Å². The minimum absolute atomic E-state index is 0.901. The lowest BCUT2D eigenvalue weighted by Gasteiger charge is -2.28. The molecule has 0 aliphatic rings. The monoisotopic (exact) mass is 702 g/mol. The Morgan fingerprint density at radius 3 is 1.87 bits per heavy atom. The van der Waals surface area contributed by atoms with Gasteiger partial charge in [0.1, 0.15) is 11.2 Å². The van der Waals surface area contributed by atoms with E-state index in [4.69, 9.17) is 4.42 Å². The maximum atomic E-state index is 6.62. The topological polar surface area (TPSA) is 21.3 Å². The van der Waals surface area contributed by atoms with Crippen molar-refractivity contribution in [1.29, 1.82) is 0 Å². The third-order valence-electron chi connectivity index (χ3n) is 11.0. The predicted octanol–water partition coefficient (Wildman–Crippen LogP) is 14.6. The highest BCUT2D eigenvalue weighted by Gasteiger charge is 2.21. The fourth-order valence-electron chi connectivity index (χ4n) is 8.50. The van der Waals surface area contributed by atoms with Crippen LogP contribution in [0.25, 0.3) is 82.5 Å². The van der Waals surface area contributed by atoms with Crippen molar-refractivity contribution in [2.45, 2.75) is 0 Å². The van der Waals surface area contributed by atoms with E-state index >= 15 is 0 Å². The van der Waals surface area contributed by atoms with Gasteiger partial charge < -0.3 is 13.9 Å². The second kappa shape index (κ2) is 12.6. The van der Waals surface area contributed by atoms with E-state index in [-0.39, 0.29) is 0 Å². The molecule has 0 atom stereocenters. The first kappa shape index (κ1) is 31.2. The van der Waals surface area contributed by atoms with Crippen molar-refractivity contribution in [3.05, 3.63) is 206 Å². The normalized spacial score (nSPS) is 11.6. The molecule has 0 saturated carbocycles. The molecular formula is C52H34N2O. The molecule has 0 fully saturated rings. The highest BCUT2D eigenvalue weighted by atomic mass is 16.3. The van der Waals surface area contributed by atoms with E-state index in [0.717, 1.165) is 61.4 Å². The van der Waals surface area contributed by atoms with Crippen molar-refractivity contribution in [1.82, 2.24) is 4.57 Å². The lowest BCUT2D eigenvalue weighted by molar-refractivity contribution is 0.670. The highest BCUT2D eigenvalue weighted by molar-refractivity contribution is 6.18.